The maximum atomic E-state index is 13.3. The summed E-state index contributed by atoms with van der Waals surface area (Å²) in [6.07, 6.45) is 2.78. The summed E-state index contributed by atoms with van der Waals surface area (Å²) in [4.78, 5) is 44.8. The fraction of sp³-hybridized carbons (Fsp3) is 0.464. The summed E-state index contributed by atoms with van der Waals surface area (Å²) in [5.41, 5.74) is 0.491. The molecule has 1 saturated heterocycles. The lowest BCUT2D eigenvalue weighted by molar-refractivity contribution is -0.137. The zero-order chi connectivity index (χ0) is 32.1. The summed E-state index contributed by atoms with van der Waals surface area (Å²) < 4.78 is 39.0. The van der Waals surface area contributed by atoms with Gasteiger partial charge in [0.25, 0.3) is 5.91 Å². The highest BCUT2D eigenvalue weighted by molar-refractivity contribution is 6.00. The molecule has 3 N–H and O–H groups in total. The molecule has 1 aromatic carbocycles. The van der Waals surface area contributed by atoms with E-state index in [1.54, 1.807) is 23.1 Å². The smallest absolute Gasteiger partial charge is 0.273 e. The van der Waals surface area contributed by atoms with Gasteiger partial charge in [-0.2, -0.15) is 4.98 Å². The average molecular weight is 582 g/mol. The van der Waals surface area contributed by atoms with E-state index >= 15 is 0 Å². The number of benzene rings is 1. The third kappa shape index (κ3) is 6.33. The Morgan fingerprint density at radius 1 is 1.19 bits per heavy atom. The van der Waals surface area contributed by atoms with E-state index in [2.05, 4.69) is 31.0 Å². The fourth-order valence-electron chi connectivity index (χ4n) is 4.66. The Morgan fingerprint density at radius 3 is 2.71 bits per heavy atom. The number of para-hydroxylation sites is 1. The van der Waals surface area contributed by atoms with E-state index in [0.29, 0.717) is 44.0 Å². The van der Waals surface area contributed by atoms with E-state index in [-0.39, 0.29) is 52.4 Å². The number of hydrogen-bond donors (Lipinski definition) is 3. The zero-order valence-corrected chi connectivity index (χ0v) is 23.3. The minimum Gasteiger partial charge on any atom is -0.494 e. The molecule has 222 valence electrons. The number of hydrogen-bond acceptors (Lipinski definition) is 11. The van der Waals surface area contributed by atoms with E-state index in [1.165, 1.54) is 13.2 Å². The van der Waals surface area contributed by atoms with Crippen LogP contribution in [0.15, 0.2) is 28.8 Å². The first kappa shape index (κ1) is 25.1. The molecule has 2 aromatic heterocycles. The average Bonchev–Trinajstić information content (AvgIpc) is 3.76. The van der Waals surface area contributed by atoms with Crippen molar-refractivity contribution in [2.45, 2.75) is 38.5 Å². The minimum absolute atomic E-state index is 0.0567. The maximum absolute atomic E-state index is 13.3. The summed E-state index contributed by atoms with van der Waals surface area (Å²) in [7, 11) is 1.43. The summed E-state index contributed by atoms with van der Waals surface area (Å²) in [5.74, 6) is -1.37. The highest BCUT2D eigenvalue weighted by atomic mass is 16.5. The van der Waals surface area contributed by atoms with Crippen molar-refractivity contribution < 1.29 is 32.5 Å². The molecule has 1 unspecified atom stereocenters. The molecule has 2 aliphatic rings. The second-order valence-electron chi connectivity index (χ2n) is 9.96. The normalized spacial score (nSPS) is 16.9. The molecule has 3 heterocycles. The molecule has 42 heavy (non-hydrogen) atoms. The van der Waals surface area contributed by atoms with Crippen molar-refractivity contribution in [2.75, 3.05) is 51.0 Å². The first-order chi connectivity index (χ1) is 21.6. The van der Waals surface area contributed by atoms with Gasteiger partial charge in [0, 0.05) is 36.2 Å². The van der Waals surface area contributed by atoms with Crippen LogP contribution in [0.5, 0.6) is 5.75 Å². The minimum atomic E-state index is -2.78. The zero-order valence-electron chi connectivity index (χ0n) is 26.3. The number of methoxy groups -OCH3 is 1. The van der Waals surface area contributed by atoms with Crippen molar-refractivity contribution in [3.63, 3.8) is 0 Å². The van der Waals surface area contributed by atoms with Gasteiger partial charge in [-0.25, -0.2) is 0 Å². The quantitative estimate of drug-likeness (QED) is 0.304. The van der Waals surface area contributed by atoms with Crippen molar-refractivity contribution in [2.24, 2.45) is 5.92 Å². The van der Waals surface area contributed by atoms with Gasteiger partial charge in [0.1, 0.15) is 5.92 Å². The third-order valence-corrected chi connectivity index (χ3v) is 6.99. The van der Waals surface area contributed by atoms with Gasteiger partial charge in [0.2, 0.25) is 23.5 Å². The van der Waals surface area contributed by atoms with Crippen LogP contribution in [-0.4, -0.2) is 83.3 Å². The lowest BCUT2D eigenvalue weighted by atomic mass is 10.0. The number of carbonyl (C=O) groups excluding carboxylic acids is 3. The molecule has 1 aliphatic heterocycles. The van der Waals surface area contributed by atoms with Crippen LogP contribution in [0.2, 0.25) is 0 Å². The number of nitrogens with zero attached hydrogens (tertiary/aromatic N) is 5. The first-order valence-corrected chi connectivity index (χ1v) is 13.7. The van der Waals surface area contributed by atoms with Crippen LogP contribution in [0.25, 0.3) is 11.4 Å². The Morgan fingerprint density at radius 2 is 2.00 bits per heavy atom. The van der Waals surface area contributed by atoms with Crippen molar-refractivity contribution in [3.8, 4) is 17.1 Å². The van der Waals surface area contributed by atoms with Gasteiger partial charge in [-0.15, -0.1) is 10.2 Å². The molecule has 2 fully saturated rings. The predicted octanol–water partition coefficient (Wildman–Crippen LogP) is 2.73. The van der Waals surface area contributed by atoms with E-state index in [1.807, 2.05) is 12.2 Å². The van der Waals surface area contributed by atoms with Gasteiger partial charge in [-0.05, 0) is 31.4 Å². The molecule has 1 aliphatic carbocycles. The molecule has 14 heteroatoms. The Bertz CT molecular complexity index is 1560. The maximum Gasteiger partial charge on any atom is 0.273 e. The third-order valence-electron chi connectivity index (χ3n) is 6.99. The van der Waals surface area contributed by atoms with Crippen LogP contribution < -0.4 is 20.7 Å². The number of nitrogens with one attached hydrogen (secondary N) is 3. The number of morpholine rings is 1. The SMILES string of the molecule is [2H]C([2H])([2H])NC(=O)c1nnc(NC(=O)C2CC2)cc1Nc1cccc(-c2noc(C(CCC)C(=O)N3CCOCC3)n2)c1OC. The summed E-state index contributed by atoms with van der Waals surface area (Å²) in [6.45, 7) is 1.11. The fourth-order valence-corrected chi connectivity index (χ4v) is 4.66. The van der Waals surface area contributed by atoms with Crippen LogP contribution in [-0.2, 0) is 14.3 Å². The number of anilines is 3. The molecule has 0 bridgehead atoms. The summed E-state index contributed by atoms with van der Waals surface area (Å²) in [5, 5.41) is 19.6. The number of carbonyl (C=O) groups is 3. The monoisotopic (exact) mass is 581 g/mol. The van der Waals surface area contributed by atoms with Gasteiger partial charge >= 0.3 is 0 Å². The summed E-state index contributed by atoms with van der Waals surface area (Å²) >= 11 is 0. The van der Waals surface area contributed by atoms with E-state index < -0.39 is 18.8 Å². The first-order valence-electron chi connectivity index (χ1n) is 15.2. The lowest BCUT2D eigenvalue weighted by Gasteiger charge is -2.29. The molecular weight excluding hydrogens is 544 g/mol. The summed E-state index contributed by atoms with van der Waals surface area (Å²) in [6, 6.07) is 6.42. The molecule has 1 saturated carbocycles. The van der Waals surface area contributed by atoms with Crippen LogP contribution in [0.4, 0.5) is 17.2 Å². The Labute approximate surface area is 246 Å². The molecule has 0 radical (unpaired) electrons. The molecule has 3 amide bonds. The lowest BCUT2D eigenvalue weighted by Crippen LogP contribution is -2.43. The standard InChI is InChI=1S/C28H34N8O6/c1-4-6-18(28(39)36-11-13-41-14-12-36)27-32-24(35-42-27)17-7-5-8-19(23(17)40-3)30-20-15-21(31-25(37)16-9-10-16)33-34-22(20)26(38)29-2/h5,7-8,15-16,18H,4,6,9-14H2,1-3H3,(H,29,38)(H2,30,31,33,37)/i2D3. The molecule has 1 atom stereocenters. The van der Waals surface area contributed by atoms with Crippen molar-refractivity contribution in [1.82, 2.24) is 30.6 Å². The van der Waals surface area contributed by atoms with Crippen LogP contribution >= 0.6 is 0 Å². The second-order valence-corrected chi connectivity index (χ2v) is 9.96. The second kappa shape index (κ2) is 12.9. The molecule has 0 spiro atoms. The van der Waals surface area contributed by atoms with E-state index in [9.17, 15) is 14.4 Å². The highest BCUT2D eigenvalue weighted by Gasteiger charge is 2.32. The van der Waals surface area contributed by atoms with Gasteiger partial charge in [0.05, 0.1) is 37.3 Å². The van der Waals surface area contributed by atoms with Crippen molar-refractivity contribution >= 4 is 34.9 Å². The Balaban J connectivity index is 1.46. The number of amides is 3. The van der Waals surface area contributed by atoms with Gasteiger partial charge in [-0.1, -0.05) is 24.6 Å². The molecular formula is C28H34N8O6. The number of aromatic nitrogens is 4. The van der Waals surface area contributed by atoms with E-state index in [0.717, 1.165) is 19.3 Å². The molecule has 3 aromatic rings. The van der Waals surface area contributed by atoms with Crippen molar-refractivity contribution in [3.05, 3.63) is 35.9 Å². The molecule has 5 rings (SSSR count). The number of rotatable bonds is 11. The topological polar surface area (TPSA) is 174 Å². The van der Waals surface area contributed by atoms with Gasteiger partial charge in [0.15, 0.2) is 17.3 Å². The Hall–Kier alpha value is -4.59. The Kier molecular flexibility index (Phi) is 7.74. The predicted molar refractivity (Wildman–Crippen MR) is 151 cm³/mol. The number of ether oxygens (including phenoxy) is 2. The van der Waals surface area contributed by atoms with Crippen LogP contribution in [0.3, 0.4) is 0 Å². The largest absolute Gasteiger partial charge is 0.494 e. The van der Waals surface area contributed by atoms with Crippen molar-refractivity contribution in [1.29, 1.82) is 0 Å². The van der Waals surface area contributed by atoms with E-state index in [4.69, 9.17) is 18.1 Å². The van der Waals surface area contributed by atoms with Gasteiger partial charge in [-0.3, -0.25) is 14.4 Å². The van der Waals surface area contributed by atoms with Crippen LogP contribution in [0.1, 0.15) is 59.0 Å². The molecule has 14 nitrogen and oxygen atoms in total. The highest BCUT2D eigenvalue weighted by Crippen LogP contribution is 2.38. The van der Waals surface area contributed by atoms with Crippen LogP contribution in [0, 0.1) is 5.92 Å². The van der Waals surface area contributed by atoms with Gasteiger partial charge < -0.3 is 34.8 Å².